The maximum atomic E-state index is 11.8. The second-order valence-electron chi connectivity index (χ2n) is 4.82. The van der Waals surface area contributed by atoms with Crippen LogP contribution in [0, 0.1) is 6.92 Å². The van der Waals surface area contributed by atoms with E-state index in [1.807, 2.05) is 44.2 Å². The van der Waals surface area contributed by atoms with Crippen molar-refractivity contribution in [3.05, 3.63) is 52.4 Å². The normalized spacial score (nSPS) is 11.6. The van der Waals surface area contributed by atoms with Gasteiger partial charge in [0.1, 0.15) is 5.00 Å². The standard InChI is InChI=1S/C16H18N2O2S2/c1-10-9-13(15(19)20-3)14(22-10)18-16(21)17-11(2)12-7-5-4-6-8-12/h4-9,11H,1-3H3,(H2,17,18,21). The van der Waals surface area contributed by atoms with Crippen LogP contribution in [0.4, 0.5) is 5.00 Å². The number of ether oxygens (including phenoxy) is 1. The molecular weight excluding hydrogens is 316 g/mol. The van der Waals surface area contributed by atoms with Gasteiger partial charge in [0.2, 0.25) is 0 Å². The van der Waals surface area contributed by atoms with Gasteiger partial charge in [-0.25, -0.2) is 4.79 Å². The molecule has 0 fully saturated rings. The predicted molar refractivity (Wildman–Crippen MR) is 94.6 cm³/mol. The number of rotatable bonds is 4. The SMILES string of the molecule is COC(=O)c1cc(C)sc1NC(=S)NC(C)c1ccccc1. The Morgan fingerprint density at radius 3 is 2.64 bits per heavy atom. The number of benzene rings is 1. The summed E-state index contributed by atoms with van der Waals surface area (Å²) in [5, 5.41) is 7.47. The molecule has 0 amide bonds. The molecule has 1 heterocycles. The first-order valence-electron chi connectivity index (χ1n) is 6.82. The lowest BCUT2D eigenvalue weighted by Crippen LogP contribution is -2.31. The number of carbonyl (C=O) groups is 1. The molecule has 2 N–H and O–H groups in total. The first-order valence-corrected chi connectivity index (χ1v) is 8.05. The van der Waals surface area contributed by atoms with Crippen molar-refractivity contribution in [1.29, 1.82) is 0 Å². The second kappa shape index (κ2) is 7.38. The van der Waals surface area contributed by atoms with Crippen LogP contribution in [0.25, 0.3) is 0 Å². The van der Waals surface area contributed by atoms with E-state index in [2.05, 4.69) is 10.6 Å². The Kier molecular flexibility index (Phi) is 5.51. The van der Waals surface area contributed by atoms with Crippen molar-refractivity contribution in [3.8, 4) is 0 Å². The molecule has 0 aliphatic carbocycles. The van der Waals surface area contributed by atoms with Crippen molar-refractivity contribution in [2.24, 2.45) is 0 Å². The fourth-order valence-corrected chi connectivity index (χ4v) is 3.28. The van der Waals surface area contributed by atoms with Crippen LogP contribution in [0.3, 0.4) is 0 Å². The number of hydrogen-bond donors (Lipinski definition) is 2. The summed E-state index contributed by atoms with van der Waals surface area (Å²) in [4.78, 5) is 12.8. The van der Waals surface area contributed by atoms with Crippen LogP contribution in [-0.2, 0) is 4.74 Å². The molecule has 1 aromatic carbocycles. The van der Waals surface area contributed by atoms with Crippen molar-refractivity contribution in [1.82, 2.24) is 5.32 Å². The molecule has 1 unspecified atom stereocenters. The average molecular weight is 334 g/mol. The second-order valence-corrected chi connectivity index (χ2v) is 6.49. The van der Waals surface area contributed by atoms with Crippen LogP contribution >= 0.6 is 23.6 Å². The number of methoxy groups -OCH3 is 1. The Morgan fingerprint density at radius 2 is 2.00 bits per heavy atom. The van der Waals surface area contributed by atoms with E-state index in [1.165, 1.54) is 18.4 Å². The summed E-state index contributed by atoms with van der Waals surface area (Å²) in [5.41, 5.74) is 1.64. The zero-order valence-corrected chi connectivity index (χ0v) is 14.3. The first-order chi connectivity index (χ1) is 10.5. The molecule has 0 aliphatic rings. The molecule has 116 valence electrons. The minimum absolute atomic E-state index is 0.0730. The summed E-state index contributed by atoms with van der Waals surface area (Å²) in [5.74, 6) is -0.370. The number of esters is 1. The molecule has 4 nitrogen and oxygen atoms in total. The summed E-state index contributed by atoms with van der Waals surface area (Å²) in [6.45, 7) is 3.97. The Balaban J connectivity index is 2.05. The lowest BCUT2D eigenvalue weighted by atomic mass is 10.1. The van der Waals surface area contributed by atoms with Crippen LogP contribution < -0.4 is 10.6 Å². The van der Waals surface area contributed by atoms with Gasteiger partial charge in [-0.3, -0.25) is 0 Å². The van der Waals surface area contributed by atoms with Gasteiger partial charge >= 0.3 is 5.97 Å². The van der Waals surface area contributed by atoms with Crippen molar-refractivity contribution >= 4 is 39.6 Å². The van der Waals surface area contributed by atoms with Gasteiger partial charge in [-0.2, -0.15) is 0 Å². The summed E-state index contributed by atoms with van der Waals surface area (Å²) < 4.78 is 4.79. The van der Waals surface area contributed by atoms with Crippen LogP contribution in [-0.4, -0.2) is 18.2 Å². The highest BCUT2D eigenvalue weighted by molar-refractivity contribution is 7.80. The molecule has 1 aromatic heterocycles. The number of carbonyl (C=O) groups excluding carboxylic acids is 1. The summed E-state index contributed by atoms with van der Waals surface area (Å²) in [6.07, 6.45) is 0. The number of hydrogen-bond acceptors (Lipinski definition) is 4. The first kappa shape index (κ1) is 16.5. The third kappa shape index (κ3) is 4.05. The Bertz CT molecular complexity index is 668. The molecular formula is C16H18N2O2S2. The van der Waals surface area contributed by atoms with Gasteiger partial charge in [-0.05, 0) is 37.7 Å². The Labute approximate surface area is 139 Å². The Hall–Kier alpha value is -1.92. The molecule has 0 radical (unpaired) electrons. The third-order valence-electron chi connectivity index (χ3n) is 3.13. The van der Waals surface area contributed by atoms with Crippen molar-refractivity contribution in [2.75, 3.05) is 12.4 Å². The van der Waals surface area contributed by atoms with E-state index in [0.29, 0.717) is 15.7 Å². The minimum Gasteiger partial charge on any atom is -0.465 e. The van der Waals surface area contributed by atoms with Crippen LogP contribution in [0.5, 0.6) is 0 Å². The highest BCUT2D eigenvalue weighted by Crippen LogP contribution is 2.28. The van der Waals surface area contributed by atoms with E-state index < -0.39 is 0 Å². The van der Waals surface area contributed by atoms with Gasteiger partial charge < -0.3 is 15.4 Å². The molecule has 0 spiro atoms. The maximum Gasteiger partial charge on any atom is 0.340 e. The maximum absolute atomic E-state index is 11.8. The number of nitrogens with one attached hydrogen (secondary N) is 2. The molecule has 0 aliphatic heterocycles. The number of anilines is 1. The van der Waals surface area contributed by atoms with E-state index in [9.17, 15) is 4.79 Å². The number of aryl methyl sites for hydroxylation is 1. The highest BCUT2D eigenvalue weighted by Gasteiger charge is 2.16. The molecule has 1 atom stereocenters. The molecule has 0 saturated carbocycles. The van der Waals surface area contributed by atoms with Gasteiger partial charge in [0.25, 0.3) is 0 Å². The van der Waals surface area contributed by atoms with E-state index in [1.54, 1.807) is 6.07 Å². The van der Waals surface area contributed by atoms with Gasteiger partial charge in [-0.15, -0.1) is 11.3 Å². The monoisotopic (exact) mass is 334 g/mol. The number of thiophene rings is 1. The van der Waals surface area contributed by atoms with Crippen molar-refractivity contribution < 1.29 is 9.53 Å². The zero-order chi connectivity index (χ0) is 16.1. The van der Waals surface area contributed by atoms with E-state index in [0.717, 1.165) is 10.4 Å². The lowest BCUT2D eigenvalue weighted by molar-refractivity contribution is 0.0602. The van der Waals surface area contributed by atoms with Gasteiger partial charge in [0.05, 0.1) is 18.7 Å². The fourth-order valence-electron chi connectivity index (χ4n) is 2.03. The highest BCUT2D eigenvalue weighted by atomic mass is 32.1. The molecule has 2 aromatic rings. The van der Waals surface area contributed by atoms with Crippen LogP contribution in [0.1, 0.15) is 33.8 Å². The largest absolute Gasteiger partial charge is 0.465 e. The third-order valence-corrected chi connectivity index (χ3v) is 4.32. The minimum atomic E-state index is -0.370. The number of thiocarbonyl (C=S) groups is 1. The van der Waals surface area contributed by atoms with Crippen molar-refractivity contribution in [2.45, 2.75) is 19.9 Å². The van der Waals surface area contributed by atoms with Gasteiger partial charge in [-0.1, -0.05) is 30.3 Å². The lowest BCUT2D eigenvalue weighted by Gasteiger charge is -2.17. The zero-order valence-electron chi connectivity index (χ0n) is 12.7. The smallest absolute Gasteiger partial charge is 0.340 e. The van der Waals surface area contributed by atoms with E-state index in [-0.39, 0.29) is 12.0 Å². The quantitative estimate of drug-likeness (QED) is 0.656. The Morgan fingerprint density at radius 1 is 1.32 bits per heavy atom. The molecule has 0 bridgehead atoms. The summed E-state index contributed by atoms with van der Waals surface area (Å²) >= 11 is 6.81. The predicted octanol–water partition coefficient (Wildman–Crippen LogP) is 3.89. The van der Waals surface area contributed by atoms with Gasteiger partial charge in [0.15, 0.2) is 5.11 Å². The summed E-state index contributed by atoms with van der Waals surface area (Å²) in [7, 11) is 1.37. The molecule has 0 saturated heterocycles. The van der Waals surface area contributed by atoms with Crippen molar-refractivity contribution in [3.63, 3.8) is 0 Å². The molecule has 6 heteroatoms. The van der Waals surface area contributed by atoms with E-state index >= 15 is 0 Å². The van der Waals surface area contributed by atoms with Gasteiger partial charge in [0, 0.05) is 4.88 Å². The van der Waals surface area contributed by atoms with E-state index in [4.69, 9.17) is 17.0 Å². The fraction of sp³-hybridized carbons (Fsp3) is 0.250. The summed E-state index contributed by atoms with van der Waals surface area (Å²) in [6, 6.07) is 11.9. The molecule has 2 rings (SSSR count). The average Bonchev–Trinajstić information content (AvgIpc) is 2.87. The molecule has 22 heavy (non-hydrogen) atoms. The topological polar surface area (TPSA) is 50.4 Å². The van der Waals surface area contributed by atoms with Crippen LogP contribution in [0.2, 0.25) is 0 Å². The van der Waals surface area contributed by atoms with Crippen LogP contribution in [0.15, 0.2) is 36.4 Å².